The number of fused-ring (bicyclic) bond motifs is 1. The van der Waals surface area contributed by atoms with E-state index in [-0.39, 0.29) is 5.91 Å². The van der Waals surface area contributed by atoms with E-state index in [1.165, 1.54) is 6.42 Å². The molecule has 0 bridgehead atoms. The van der Waals surface area contributed by atoms with E-state index in [4.69, 9.17) is 4.52 Å². The minimum Gasteiger partial charge on any atom is -0.351 e. The second-order valence-corrected chi connectivity index (χ2v) is 4.98. The molecule has 0 radical (unpaired) electrons. The zero-order valence-corrected chi connectivity index (χ0v) is 9.98. The average molecular weight is 235 g/mol. The van der Waals surface area contributed by atoms with Gasteiger partial charge >= 0.3 is 0 Å². The van der Waals surface area contributed by atoms with Crippen molar-refractivity contribution in [2.75, 3.05) is 19.6 Å². The number of carbonyl (C=O) groups excluding carboxylic acids is 1. The highest BCUT2D eigenvalue weighted by molar-refractivity contribution is 5.91. The maximum atomic E-state index is 12.2. The number of rotatable bonds is 1. The molecule has 5 nitrogen and oxygen atoms in total. The number of likely N-dealkylation sites (tertiary alicyclic amines) is 1. The van der Waals surface area contributed by atoms with Gasteiger partial charge in [-0.25, -0.2) is 0 Å². The third-order valence-electron chi connectivity index (χ3n) is 3.78. The summed E-state index contributed by atoms with van der Waals surface area (Å²) in [7, 11) is 0. The number of nitrogens with one attached hydrogen (secondary N) is 1. The summed E-state index contributed by atoms with van der Waals surface area (Å²) in [6.07, 6.45) is 2.22. The van der Waals surface area contributed by atoms with Crippen LogP contribution in [-0.2, 0) is 0 Å². The lowest BCUT2D eigenvalue weighted by Crippen LogP contribution is -2.46. The fourth-order valence-electron chi connectivity index (χ4n) is 2.85. The Kier molecular flexibility index (Phi) is 2.63. The van der Waals surface area contributed by atoms with Gasteiger partial charge in [0.2, 0.25) is 5.76 Å². The quantitative estimate of drug-likeness (QED) is 0.782. The maximum absolute atomic E-state index is 12.2. The van der Waals surface area contributed by atoms with Crippen molar-refractivity contribution in [3.8, 4) is 0 Å². The van der Waals surface area contributed by atoms with Crippen LogP contribution in [0.3, 0.4) is 0 Å². The molecule has 0 aliphatic carbocycles. The molecule has 17 heavy (non-hydrogen) atoms. The van der Waals surface area contributed by atoms with Crippen LogP contribution in [-0.4, -0.2) is 41.6 Å². The van der Waals surface area contributed by atoms with Gasteiger partial charge in [-0.05, 0) is 32.2 Å². The Hall–Kier alpha value is -1.36. The number of carbonyl (C=O) groups is 1. The molecular formula is C12H17N3O2. The second-order valence-electron chi connectivity index (χ2n) is 4.98. The molecule has 1 aromatic heterocycles. The SMILES string of the molecule is Cc1cc(C(=O)N2CCC3NCCC3C2)on1. The number of aryl methyl sites for hydroxylation is 1. The molecule has 1 amide bonds. The Morgan fingerprint density at radius 2 is 2.47 bits per heavy atom. The van der Waals surface area contributed by atoms with Gasteiger partial charge in [0.05, 0.1) is 5.69 Å². The van der Waals surface area contributed by atoms with E-state index >= 15 is 0 Å². The number of amides is 1. The highest BCUT2D eigenvalue weighted by atomic mass is 16.5. The van der Waals surface area contributed by atoms with Crippen molar-refractivity contribution in [2.24, 2.45) is 5.92 Å². The molecule has 92 valence electrons. The van der Waals surface area contributed by atoms with Crippen molar-refractivity contribution in [2.45, 2.75) is 25.8 Å². The summed E-state index contributed by atoms with van der Waals surface area (Å²) in [5, 5.41) is 7.25. The summed E-state index contributed by atoms with van der Waals surface area (Å²) in [6, 6.07) is 2.32. The molecular weight excluding hydrogens is 218 g/mol. The lowest BCUT2D eigenvalue weighted by molar-refractivity contribution is 0.0620. The molecule has 0 spiro atoms. The van der Waals surface area contributed by atoms with E-state index in [1.807, 2.05) is 11.8 Å². The molecule has 3 rings (SSSR count). The first-order valence-corrected chi connectivity index (χ1v) is 6.20. The minimum atomic E-state index is -0.0176. The summed E-state index contributed by atoms with van der Waals surface area (Å²) < 4.78 is 5.03. The largest absolute Gasteiger partial charge is 0.351 e. The number of hydrogen-bond acceptors (Lipinski definition) is 4. The van der Waals surface area contributed by atoms with Crippen molar-refractivity contribution in [3.63, 3.8) is 0 Å². The van der Waals surface area contributed by atoms with Crippen molar-refractivity contribution in [1.82, 2.24) is 15.4 Å². The predicted octanol–water partition coefficient (Wildman–Crippen LogP) is 0.807. The van der Waals surface area contributed by atoms with E-state index in [0.717, 1.165) is 31.7 Å². The third kappa shape index (κ3) is 1.95. The molecule has 1 aromatic rings. The smallest absolute Gasteiger partial charge is 0.292 e. The minimum absolute atomic E-state index is 0.0176. The molecule has 3 heterocycles. The van der Waals surface area contributed by atoms with Gasteiger partial charge in [0, 0.05) is 25.2 Å². The summed E-state index contributed by atoms with van der Waals surface area (Å²) in [6.45, 7) is 4.56. The summed E-state index contributed by atoms with van der Waals surface area (Å²) in [4.78, 5) is 14.1. The highest BCUT2D eigenvalue weighted by Gasteiger charge is 2.35. The van der Waals surface area contributed by atoms with E-state index in [1.54, 1.807) is 6.07 Å². The van der Waals surface area contributed by atoms with Crippen LogP contribution in [0.5, 0.6) is 0 Å². The van der Waals surface area contributed by atoms with Gasteiger partial charge in [-0.3, -0.25) is 4.79 Å². The maximum Gasteiger partial charge on any atom is 0.292 e. The summed E-state index contributed by atoms with van der Waals surface area (Å²) in [5.41, 5.74) is 0.755. The van der Waals surface area contributed by atoms with Gasteiger partial charge < -0.3 is 14.7 Å². The van der Waals surface area contributed by atoms with Crippen LogP contribution in [0.2, 0.25) is 0 Å². The Balaban J connectivity index is 1.70. The zero-order valence-electron chi connectivity index (χ0n) is 9.98. The fourth-order valence-corrected chi connectivity index (χ4v) is 2.85. The van der Waals surface area contributed by atoms with Crippen LogP contribution >= 0.6 is 0 Å². The monoisotopic (exact) mass is 235 g/mol. The van der Waals surface area contributed by atoms with E-state index in [9.17, 15) is 4.79 Å². The number of piperidine rings is 1. The first-order valence-electron chi connectivity index (χ1n) is 6.20. The van der Waals surface area contributed by atoms with Gasteiger partial charge in [-0.15, -0.1) is 0 Å². The molecule has 2 unspecified atom stereocenters. The first-order chi connectivity index (χ1) is 8.24. The van der Waals surface area contributed by atoms with Gasteiger partial charge in [-0.1, -0.05) is 5.16 Å². The molecule has 5 heteroatoms. The van der Waals surface area contributed by atoms with Crippen LogP contribution in [0.25, 0.3) is 0 Å². The van der Waals surface area contributed by atoms with Crippen molar-refractivity contribution < 1.29 is 9.32 Å². The Labute approximate surface area is 100 Å². The van der Waals surface area contributed by atoms with Crippen LogP contribution in [0.4, 0.5) is 0 Å². The molecule has 2 aliphatic heterocycles. The van der Waals surface area contributed by atoms with Gasteiger partial charge in [0.15, 0.2) is 0 Å². The Bertz CT molecular complexity index is 429. The van der Waals surface area contributed by atoms with Gasteiger partial charge in [-0.2, -0.15) is 0 Å². The normalized spacial score (nSPS) is 28.2. The molecule has 1 N–H and O–H groups in total. The van der Waals surface area contributed by atoms with Crippen LogP contribution in [0.15, 0.2) is 10.6 Å². The van der Waals surface area contributed by atoms with Crippen molar-refractivity contribution >= 4 is 5.91 Å². The highest BCUT2D eigenvalue weighted by Crippen LogP contribution is 2.25. The topological polar surface area (TPSA) is 58.4 Å². The molecule has 2 aliphatic rings. The number of aromatic nitrogens is 1. The van der Waals surface area contributed by atoms with Crippen molar-refractivity contribution in [1.29, 1.82) is 0 Å². The Morgan fingerprint density at radius 3 is 3.24 bits per heavy atom. The predicted molar refractivity (Wildman–Crippen MR) is 61.7 cm³/mol. The first kappa shape index (κ1) is 10.8. The van der Waals surface area contributed by atoms with Crippen molar-refractivity contribution in [3.05, 3.63) is 17.5 Å². The van der Waals surface area contributed by atoms with Crippen LogP contribution in [0, 0.1) is 12.8 Å². The van der Waals surface area contributed by atoms with Crippen LogP contribution in [0.1, 0.15) is 29.1 Å². The fraction of sp³-hybridized carbons (Fsp3) is 0.667. The Morgan fingerprint density at radius 1 is 1.59 bits per heavy atom. The average Bonchev–Trinajstić information content (AvgIpc) is 2.95. The van der Waals surface area contributed by atoms with Gasteiger partial charge in [0.1, 0.15) is 0 Å². The third-order valence-corrected chi connectivity index (χ3v) is 3.78. The molecule has 2 saturated heterocycles. The lowest BCUT2D eigenvalue weighted by atomic mass is 9.93. The number of hydrogen-bond donors (Lipinski definition) is 1. The summed E-state index contributed by atoms with van der Waals surface area (Å²) in [5.74, 6) is 0.958. The molecule has 0 aromatic carbocycles. The molecule has 2 fully saturated rings. The standard InChI is InChI=1S/C12H17N3O2/c1-8-6-11(17-14-8)12(16)15-5-3-10-9(7-15)2-4-13-10/h6,9-10,13H,2-5,7H2,1H3. The molecule has 0 saturated carbocycles. The lowest BCUT2D eigenvalue weighted by Gasteiger charge is -2.34. The molecule has 2 atom stereocenters. The summed E-state index contributed by atoms with van der Waals surface area (Å²) >= 11 is 0. The second kappa shape index (κ2) is 4.14. The van der Waals surface area contributed by atoms with E-state index in [2.05, 4.69) is 10.5 Å². The zero-order chi connectivity index (χ0) is 11.8. The van der Waals surface area contributed by atoms with Crippen LogP contribution < -0.4 is 5.32 Å². The van der Waals surface area contributed by atoms with Gasteiger partial charge in [0.25, 0.3) is 5.91 Å². The van der Waals surface area contributed by atoms with E-state index < -0.39 is 0 Å². The number of nitrogens with zero attached hydrogens (tertiary/aromatic N) is 2. The van der Waals surface area contributed by atoms with E-state index in [0.29, 0.717) is 17.7 Å².